The quantitative estimate of drug-likeness (QED) is 0.332. The highest BCUT2D eigenvalue weighted by Gasteiger charge is 2.03. The molecule has 0 aromatic carbocycles. The highest BCUT2D eigenvalue weighted by atomic mass is 127. The van der Waals surface area contributed by atoms with Gasteiger partial charge in [0.25, 0.3) is 0 Å². The molecule has 5 nitrogen and oxygen atoms in total. The number of guanidine groups is 1. The first-order chi connectivity index (χ1) is 10.2. The third-order valence-electron chi connectivity index (χ3n) is 2.94. The lowest BCUT2D eigenvalue weighted by Gasteiger charge is -2.11. The van der Waals surface area contributed by atoms with Crippen molar-refractivity contribution >= 4 is 47.2 Å². The molecule has 7 heteroatoms. The Bertz CT molecular complexity index is 462. The van der Waals surface area contributed by atoms with Crippen molar-refractivity contribution in [2.45, 2.75) is 39.7 Å². The number of thiophene rings is 1. The number of carbonyl (C=O) groups is 1. The van der Waals surface area contributed by atoms with Gasteiger partial charge in [0.15, 0.2) is 5.96 Å². The highest BCUT2D eigenvalue weighted by molar-refractivity contribution is 14.0. The van der Waals surface area contributed by atoms with Gasteiger partial charge in [-0.25, -0.2) is 0 Å². The van der Waals surface area contributed by atoms with Crippen LogP contribution in [0.3, 0.4) is 0 Å². The first-order valence-corrected chi connectivity index (χ1v) is 8.30. The van der Waals surface area contributed by atoms with Crippen LogP contribution in [0.25, 0.3) is 0 Å². The molecule has 126 valence electrons. The maximum Gasteiger partial charge on any atom is 0.221 e. The predicted octanol–water partition coefficient (Wildman–Crippen LogP) is 2.51. The van der Waals surface area contributed by atoms with E-state index in [1.807, 2.05) is 18.3 Å². The predicted molar refractivity (Wildman–Crippen MR) is 105 cm³/mol. The van der Waals surface area contributed by atoms with Crippen LogP contribution in [-0.4, -0.2) is 32.0 Å². The lowest BCUT2D eigenvalue weighted by Crippen LogP contribution is -2.38. The van der Waals surface area contributed by atoms with E-state index in [1.54, 1.807) is 7.05 Å². The minimum Gasteiger partial charge on any atom is -0.356 e. The van der Waals surface area contributed by atoms with E-state index in [9.17, 15) is 4.79 Å². The SMILES string of the molecule is CCCNC(=O)CCNC(=NC)NCc1ccc(CC)s1.I. The zero-order chi connectivity index (χ0) is 15.5. The van der Waals surface area contributed by atoms with Crippen LogP contribution in [0.4, 0.5) is 0 Å². The minimum absolute atomic E-state index is 0. The van der Waals surface area contributed by atoms with E-state index in [0.29, 0.717) is 13.0 Å². The third kappa shape index (κ3) is 8.57. The van der Waals surface area contributed by atoms with Crippen molar-refractivity contribution in [2.75, 3.05) is 20.1 Å². The molecule has 0 atom stereocenters. The molecule has 1 rings (SSSR count). The van der Waals surface area contributed by atoms with Gasteiger partial charge in [0.2, 0.25) is 5.91 Å². The Morgan fingerprint density at radius 3 is 2.45 bits per heavy atom. The number of carbonyl (C=O) groups excluding carboxylic acids is 1. The molecule has 0 aliphatic heterocycles. The third-order valence-corrected chi connectivity index (χ3v) is 4.17. The number of aryl methyl sites for hydroxylation is 1. The molecular weight excluding hydrogens is 411 g/mol. The average molecular weight is 438 g/mol. The summed E-state index contributed by atoms with van der Waals surface area (Å²) in [5.74, 6) is 0.801. The Morgan fingerprint density at radius 2 is 1.86 bits per heavy atom. The topological polar surface area (TPSA) is 65.5 Å². The summed E-state index contributed by atoms with van der Waals surface area (Å²) in [6.07, 6.45) is 2.49. The Hall–Kier alpha value is -0.830. The van der Waals surface area contributed by atoms with Crippen molar-refractivity contribution < 1.29 is 4.79 Å². The van der Waals surface area contributed by atoms with Gasteiger partial charge in [0.1, 0.15) is 0 Å². The van der Waals surface area contributed by atoms with E-state index in [1.165, 1.54) is 9.75 Å². The summed E-state index contributed by atoms with van der Waals surface area (Å²) >= 11 is 1.81. The molecule has 22 heavy (non-hydrogen) atoms. The fraction of sp³-hybridized carbons (Fsp3) is 0.600. The second-order valence-electron chi connectivity index (χ2n) is 4.67. The monoisotopic (exact) mass is 438 g/mol. The minimum atomic E-state index is 0. The second-order valence-corrected chi connectivity index (χ2v) is 5.93. The number of aliphatic imine (C=N–C) groups is 1. The molecule has 3 N–H and O–H groups in total. The lowest BCUT2D eigenvalue weighted by molar-refractivity contribution is -0.120. The summed E-state index contributed by atoms with van der Waals surface area (Å²) < 4.78 is 0. The zero-order valence-corrected chi connectivity index (χ0v) is 16.7. The van der Waals surface area contributed by atoms with Crippen LogP contribution in [0.5, 0.6) is 0 Å². The van der Waals surface area contributed by atoms with E-state index >= 15 is 0 Å². The summed E-state index contributed by atoms with van der Waals surface area (Å²) in [6.45, 7) is 6.28. The largest absolute Gasteiger partial charge is 0.356 e. The molecule has 0 unspecified atom stereocenters. The number of hydrogen-bond acceptors (Lipinski definition) is 3. The fourth-order valence-electron chi connectivity index (χ4n) is 1.75. The number of nitrogens with zero attached hydrogens (tertiary/aromatic N) is 1. The van der Waals surface area contributed by atoms with Crippen molar-refractivity contribution in [1.82, 2.24) is 16.0 Å². The molecule has 1 heterocycles. The number of hydrogen-bond donors (Lipinski definition) is 3. The van der Waals surface area contributed by atoms with Crippen LogP contribution < -0.4 is 16.0 Å². The molecule has 0 bridgehead atoms. The van der Waals surface area contributed by atoms with Gasteiger partial charge in [-0.2, -0.15) is 0 Å². The van der Waals surface area contributed by atoms with Gasteiger partial charge >= 0.3 is 0 Å². The standard InChI is InChI=1S/C15H26N4OS.HI/c1-4-9-17-14(20)8-10-18-15(16-3)19-11-13-7-6-12(5-2)21-13;/h6-7H,4-5,8-11H2,1-3H3,(H,17,20)(H2,16,18,19);1H. The van der Waals surface area contributed by atoms with Crippen LogP contribution in [0.15, 0.2) is 17.1 Å². The summed E-state index contributed by atoms with van der Waals surface area (Å²) in [5.41, 5.74) is 0. The number of halogens is 1. The smallest absolute Gasteiger partial charge is 0.221 e. The molecule has 0 radical (unpaired) electrons. The van der Waals surface area contributed by atoms with E-state index < -0.39 is 0 Å². The maximum absolute atomic E-state index is 11.5. The van der Waals surface area contributed by atoms with Gasteiger partial charge in [-0.15, -0.1) is 35.3 Å². The summed E-state index contributed by atoms with van der Waals surface area (Å²) in [7, 11) is 1.73. The van der Waals surface area contributed by atoms with Gasteiger partial charge in [-0.05, 0) is 25.0 Å². The number of amides is 1. The summed E-state index contributed by atoms with van der Waals surface area (Å²) in [5, 5.41) is 9.26. The Balaban J connectivity index is 0.00000441. The molecule has 1 aromatic rings. The molecule has 0 saturated carbocycles. The van der Waals surface area contributed by atoms with Gasteiger partial charge < -0.3 is 16.0 Å². The molecule has 0 aliphatic rings. The second kappa shape index (κ2) is 12.7. The Morgan fingerprint density at radius 1 is 1.14 bits per heavy atom. The van der Waals surface area contributed by atoms with Crippen molar-refractivity contribution in [1.29, 1.82) is 0 Å². The fourth-order valence-corrected chi connectivity index (χ4v) is 2.64. The van der Waals surface area contributed by atoms with Crippen LogP contribution in [0, 0.1) is 0 Å². The molecule has 0 fully saturated rings. The van der Waals surface area contributed by atoms with E-state index in [4.69, 9.17) is 0 Å². The van der Waals surface area contributed by atoms with Gasteiger partial charge in [0, 0.05) is 36.3 Å². The average Bonchev–Trinajstić information content (AvgIpc) is 2.96. The first kappa shape index (κ1) is 21.2. The Kier molecular flexibility index (Phi) is 12.2. The summed E-state index contributed by atoms with van der Waals surface area (Å²) in [4.78, 5) is 18.3. The van der Waals surface area contributed by atoms with E-state index in [2.05, 4.69) is 40.0 Å². The maximum atomic E-state index is 11.5. The van der Waals surface area contributed by atoms with Crippen molar-refractivity contribution in [3.63, 3.8) is 0 Å². The number of nitrogens with one attached hydrogen (secondary N) is 3. The molecule has 0 aliphatic carbocycles. The van der Waals surface area contributed by atoms with Crippen molar-refractivity contribution in [3.05, 3.63) is 21.9 Å². The summed E-state index contributed by atoms with van der Waals surface area (Å²) in [6, 6.07) is 4.30. The van der Waals surface area contributed by atoms with E-state index in [-0.39, 0.29) is 29.9 Å². The van der Waals surface area contributed by atoms with Gasteiger partial charge in [0.05, 0.1) is 6.54 Å². The number of rotatable bonds is 8. The van der Waals surface area contributed by atoms with Crippen LogP contribution >= 0.6 is 35.3 Å². The first-order valence-electron chi connectivity index (χ1n) is 7.48. The highest BCUT2D eigenvalue weighted by Crippen LogP contribution is 2.16. The normalized spacial score (nSPS) is 10.8. The Labute approximate surface area is 154 Å². The molecule has 0 saturated heterocycles. The van der Waals surface area contributed by atoms with Crippen LogP contribution in [-0.2, 0) is 17.8 Å². The molecular formula is C15H27IN4OS. The molecule has 1 amide bonds. The lowest BCUT2D eigenvalue weighted by atomic mass is 10.3. The molecule has 1 aromatic heterocycles. The van der Waals surface area contributed by atoms with Gasteiger partial charge in [-0.3, -0.25) is 9.79 Å². The zero-order valence-electron chi connectivity index (χ0n) is 13.6. The van der Waals surface area contributed by atoms with E-state index in [0.717, 1.165) is 31.9 Å². The van der Waals surface area contributed by atoms with Crippen molar-refractivity contribution in [3.8, 4) is 0 Å². The van der Waals surface area contributed by atoms with Gasteiger partial charge in [-0.1, -0.05) is 13.8 Å². The van der Waals surface area contributed by atoms with Crippen molar-refractivity contribution in [2.24, 2.45) is 4.99 Å². The van der Waals surface area contributed by atoms with Crippen LogP contribution in [0.1, 0.15) is 36.4 Å². The molecule has 0 spiro atoms. The van der Waals surface area contributed by atoms with Crippen LogP contribution in [0.2, 0.25) is 0 Å².